The summed E-state index contributed by atoms with van der Waals surface area (Å²) in [4.78, 5) is 38.9. The molecule has 4 aromatic rings. The average Bonchev–Trinajstić information content (AvgIpc) is 3.81. The molecule has 0 spiro atoms. The first-order valence-electron chi connectivity index (χ1n) is 15.6. The molecule has 0 radical (unpaired) electrons. The van der Waals surface area contributed by atoms with E-state index < -0.39 is 6.04 Å². The Bertz CT molecular complexity index is 1480. The summed E-state index contributed by atoms with van der Waals surface area (Å²) in [5, 5.41) is 16.6. The number of aldehydes is 1. The Hall–Kier alpha value is -4.80. The van der Waals surface area contributed by atoms with E-state index in [0.29, 0.717) is 18.5 Å². The first-order chi connectivity index (χ1) is 22.9. The smallest absolute Gasteiger partial charge is 0.243 e. The normalized spacial score (nSPS) is 15.2. The standard InChI is InChI=1S/C21H28N4O2S.C13H10O2.C2H6.CH3N/c1-14(19-10-17(23-3)13-28-19)24-21(27)18-9-16(15-7-5-4-6-8-15)12-25(18)20(26)11-22-2;14-10-11-6-8-13(9-7-11)15-12-4-2-1-3-5-12;2*1-2/h4-8,10,13-14,16,18,22-23H,9,11-12H2,1-3H3,(H,24,27);1-10H;1-2H3;2H,1H2/t14-,16-,18?;;;/m1.../s1. The second-order valence-corrected chi connectivity index (χ2v) is 11.2. The van der Waals surface area contributed by atoms with Gasteiger partial charge in [-0.1, -0.05) is 62.4 Å². The van der Waals surface area contributed by atoms with Crippen LogP contribution in [0.2, 0.25) is 0 Å². The van der Waals surface area contributed by atoms with Crippen molar-refractivity contribution >= 4 is 41.8 Å². The van der Waals surface area contributed by atoms with Crippen LogP contribution in [0.15, 0.2) is 96.4 Å². The van der Waals surface area contributed by atoms with Gasteiger partial charge in [-0.15, -0.1) is 11.3 Å². The predicted octanol–water partition coefficient (Wildman–Crippen LogP) is 7.15. The van der Waals surface area contributed by atoms with Crippen LogP contribution in [0.4, 0.5) is 5.69 Å². The molecule has 250 valence electrons. The fraction of sp³-hybridized carbons (Fsp3) is 0.297. The summed E-state index contributed by atoms with van der Waals surface area (Å²) in [7, 11) is 3.62. The summed E-state index contributed by atoms with van der Waals surface area (Å²) in [5.41, 5.74) is 2.86. The SMILES string of the molecule is C=N.CC.CNCC(=O)N1C[C@H](c2ccccc2)CC1C(=O)N[C@H](C)c1cc(NC)cs1.O=Cc1ccc(Oc2ccccc2)cc1. The predicted molar refractivity (Wildman–Crippen MR) is 193 cm³/mol. The van der Waals surface area contributed by atoms with Gasteiger partial charge in [-0.2, -0.15) is 0 Å². The molecule has 9 nitrogen and oxygen atoms in total. The van der Waals surface area contributed by atoms with Crippen LogP contribution in [-0.4, -0.2) is 62.9 Å². The van der Waals surface area contributed by atoms with Gasteiger partial charge in [0.2, 0.25) is 11.8 Å². The number of carbonyl (C=O) groups excluding carboxylic acids is 3. The van der Waals surface area contributed by atoms with Crippen molar-refractivity contribution in [3.63, 3.8) is 0 Å². The molecule has 10 heteroatoms. The van der Waals surface area contributed by atoms with Crippen LogP contribution in [0.25, 0.3) is 0 Å². The van der Waals surface area contributed by atoms with Gasteiger partial charge in [0.25, 0.3) is 0 Å². The van der Waals surface area contributed by atoms with Crippen molar-refractivity contribution in [2.24, 2.45) is 0 Å². The molecule has 1 aliphatic rings. The summed E-state index contributed by atoms with van der Waals surface area (Å²) >= 11 is 1.61. The van der Waals surface area contributed by atoms with E-state index >= 15 is 0 Å². The van der Waals surface area contributed by atoms with Gasteiger partial charge in [0.15, 0.2) is 0 Å². The number of hydrogen-bond donors (Lipinski definition) is 4. The minimum atomic E-state index is -0.447. The quantitative estimate of drug-likeness (QED) is 0.106. The van der Waals surface area contributed by atoms with Gasteiger partial charge in [-0.25, -0.2) is 0 Å². The van der Waals surface area contributed by atoms with Gasteiger partial charge in [0, 0.05) is 41.0 Å². The maximum atomic E-state index is 13.1. The Kier molecular flexibility index (Phi) is 17.2. The van der Waals surface area contributed by atoms with Gasteiger partial charge in [-0.05, 0) is 75.1 Å². The summed E-state index contributed by atoms with van der Waals surface area (Å²) in [6, 6.07) is 28.1. The zero-order chi connectivity index (χ0) is 34.6. The summed E-state index contributed by atoms with van der Waals surface area (Å²) in [6.07, 6.45) is 1.45. The maximum Gasteiger partial charge on any atom is 0.243 e. The van der Waals surface area contributed by atoms with Crippen molar-refractivity contribution in [1.82, 2.24) is 15.5 Å². The van der Waals surface area contributed by atoms with Crippen molar-refractivity contribution < 1.29 is 19.1 Å². The van der Waals surface area contributed by atoms with Gasteiger partial charge in [-0.3, -0.25) is 14.4 Å². The topological polar surface area (TPSA) is 124 Å². The van der Waals surface area contributed by atoms with Gasteiger partial charge >= 0.3 is 0 Å². The first-order valence-corrected chi connectivity index (χ1v) is 16.5. The van der Waals surface area contributed by atoms with Crippen LogP contribution in [0.5, 0.6) is 11.5 Å². The van der Waals surface area contributed by atoms with E-state index in [4.69, 9.17) is 10.1 Å². The number of benzene rings is 3. The molecule has 3 aromatic carbocycles. The van der Waals surface area contributed by atoms with Gasteiger partial charge in [0.05, 0.1) is 12.6 Å². The Morgan fingerprint density at radius 2 is 1.57 bits per heavy atom. The minimum Gasteiger partial charge on any atom is -0.457 e. The Morgan fingerprint density at radius 1 is 0.979 bits per heavy atom. The second-order valence-electron chi connectivity index (χ2n) is 10.3. The molecule has 2 heterocycles. The van der Waals surface area contributed by atoms with E-state index in [-0.39, 0.29) is 30.3 Å². The lowest BCUT2D eigenvalue weighted by Gasteiger charge is -2.25. The number of rotatable bonds is 10. The average molecular weight is 658 g/mol. The molecule has 1 aromatic heterocycles. The molecule has 2 amide bonds. The van der Waals surface area contributed by atoms with E-state index in [1.165, 1.54) is 5.56 Å². The Morgan fingerprint density at radius 3 is 2.13 bits per heavy atom. The zero-order valence-electron chi connectivity index (χ0n) is 27.9. The highest BCUT2D eigenvalue weighted by molar-refractivity contribution is 7.10. The number of thiophene rings is 1. The first kappa shape index (κ1) is 38.4. The molecule has 0 bridgehead atoms. The molecule has 5 rings (SSSR count). The van der Waals surface area contributed by atoms with E-state index in [1.807, 2.05) is 87.8 Å². The van der Waals surface area contributed by atoms with Crippen molar-refractivity contribution in [2.45, 2.75) is 45.2 Å². The van der Waals surface area contributed by atoms with Crippen LogP contribution < -0.4 is 20.7 Å². The Labute approximate surface area is 282 Å². The highest BCUT2D eigenvalue weighted by atomic mass is 32.1. The molecular weight excluding hydrogens is 611 g/mol. The van der Waals surface area contributed by atoms with Gasteiger partial charge in [0.1, 0.15) is 23.8 Å². The third-order valence-corrected chi connectivity index (χ3v) is 8.33. The second kappa shape index (κ2) is 21.1. The molecule has 3 atom stereocenters. The molecule has 1 aliphatic heterocycles. The third-order valence-electron chi connectivity index (χ3n) is 7.21. The number of ether oxygens (including phenoxy) is 1. The van der Waals surface area contributed by atoms with Crippen molar-refractivity contribution in [2.75, 3.05) is 32.5 Å². The fourth-order valence-electron chi connectivity index (χ4n) is 4.91. The highest BCUT2D eigenvalue weighted by Gasteiger charge is 2.40. The zero-order valence-corrected chi connectivity index (χ0v) is 28.7. The lowest BCUT2D eigenvalue weighted by Crippen LogP contribution is -2.48. The lowest BCUT2D eigenvalue weighted by molar-refractivity contribution is -0.138. The number of para-hydroxylation sites is 1. The summed E-state index contributed by atoms with van der Waals surface area (Å²) < 4.78 is 5.56. The van der Waals surface area contributed by atoms with Crippen molar-refractivity contribution in [3.05, 3.63) is 112 Å². The number of nitrogens with one attached hydrogen (secondary N) is 4. The van der Waals surface area contributed by atoms with E-state index in [2.05, 4.69) is 34.8 Å². The van der Waals surface area contributed by atoms with E-state index in [9.17, 15) is 14.4 Å². The van der Waals surface area contributed by atoms with Crippen LogP contribution in [-0.2, 0) is 9.59 Å². The third kappa shape index (κ3) is 11.8. The largest absolute Gasteiger partial charge is 0.457 e. The Balaban J connectivity index is 0.000000340. The minimum absolute atomic E-state index is 0.0395. The number of likely N-dealkylation sites (N-methyl/N-ethyl adjacent to an activating group) is 1. The van der Waals surface area contributed by atoms with Gasteiger partial charge < -0.3 is 31.0 Å². The molecule has 1 fully saturated rings. The molecular formula is C37H47N5O4S. The number of amides is 2. The lowest BCUT2D eigenvalue weighted by atomic mass is 9.96. The highest BCUT2D eigenvalue weighted by Crippen LogP contribution is 2.33. The molecule has 4 N–H and O–H groups in total. The monoisotopic (exact) mass is 657 g/mol. The van der Waals surface area contributed by atoms with E-state index in [0.717, 1.165) is 28.3 Å². The molecule has 0 saturated carbocycles. The summed E-state index contributed by atoms with van der Waals surface area (Å²) in [6.45, 7) is 9.28. The molecule has 47 heavy (non-hydrogen) atoms. The molecule has 1 unspecified atom stereocenters. The molecule has 1 saturated heterocycles. The van der Waals surface area contributed by atoms with Crippen LogP contribution in [0.1, 0.15) is 60.0 Å². The molecule has 0 aliphatic carbocycles. The van der Waals surface area contributed by atoms with Crippen LogP contribution in [0.3, 0.4) is 0 Å². The summed E-state index contributed by atoms with van der Waals surface area (Å²) in [5.74, 6) is 1.56. The van der Waals surface area contributed by atoms with Crippen LogP contribution >= 0.6 is 11.3 Å². The fourth-order valence-corrected chi connectivity index (χ4v) is 5.82. The van der Waals surface area contributed by atoms with Crippen LogP contribution in [0, 0.1) is 5.41 Å². The number of carbonyl (C=O) groups is 3. The van der Waals surface area contributed by atoms with E-state index in [1.54, 1.807) is 47.5 Å². The maximum absolute atomic E-state index is 13.1. The van der Waals surface area contributed by atoms with Crippen molar-refractivity contribution in [1.29, 1.82) is 5.41 Å². The number of nitrogens with zero attached hydrogens (tertiary/aromatic N) is 1. The number of anilines is 1. The van der Waals surface area contributed by atoms with Crippen molar-refractivity contribution in [3.8, 4) is 11.5 Å². The number of likely N-dealkylation sites (tertiary alicyclic amines) is 1. The number of hydrogen-bond acceptors (Lipinski definition) is 8.